The number of nitrogens with two attached hydrogens (primary N) is 1. The Kier molecular flexibility index (Phi) is 4.74. The fraction of sp³-hybridized carbons (Fsp3) is 0.143. The van der Waals surface area contributed by atoms with Gasteiger partial charge in [-0.15, -0.1) is 0 Å². The Bertz CT molecular complexity index is 851. The minimum Gasteiger partial charge on any atom is -0.455 e. The zero-order valence-electron chi connectivity index (χ0n) is 11.7. The monoisotopic (exact) mass is 409 g/mol. The number of aryl methyl sites for hydroxylation is 1. The zero-order valence-corrected chi connectivity index (χ0v) is 14.1. The molecule has 0 radical (unpaired) electrons. The van der Waals surface area contributed by atoms with Crippen molar-refractivity contribution in [1.29, 1.82) is 0 Å². The Labute approximate surface area is 139 Å². The number of hydrogen-bond donors (Lipinski definition) is 1. The van der Waals surface area contributed by atoms with Crippen molar-refractivity contribution in [3.8, 4) is 11.5 Å². The third-order valence-corrected chi connectivity index (χ3v) is 4.44. The topological polar surface area (TPSA) is 69.4 Å². The lowest BCUT2D eigenvalue weighted by Gasteiger charge is -2.14. The number of sulfonamides is 1. The Hall–Kier alpha value is -1.58. The molecule has 0 aliphatic heterocycles. The smallest absolute Gasteiger partial charge is 0.416 e. The van der Waals surface area contributed by atoms with E-state index in [1.54, 1.807) is 18.2 Å². The average molecular weight is 410 g/mol. The SMILES string of the molecule is Cc1ccc(Oc2ccc(C(F)(F)F)cc2S(N)(=O)=O)c(Br)c1. The molecule has 0 aliphatic rings. The molecule has 2 N–H and O–H groups in total. The predicted octanol–water partition coefficient (Wildman–Crippen LogP) is 4.22. The summed E-state index contributed by atoms with van der Waals surface area (Å²) in [7, 11) is -4.40. The lowest BCUT2D eigenvalue weighted by molar-refractivity contribution is -0.137. The quantitative estimate of drug-likeness (QED) is 0.824. The summed E-state index contributed by atoms with van der Waals surface area (Å²) in [4.78, 5) is -0.736. The van der Waals surface area contributed by atoms with Crippen LogP contribution in [0.1, 0.15) is 11.1 Å². The van der Waals surface area contributed by atoms with Gasteiger partial charge in [-0.05, 0) is 58.7 Å². The molecule has 0 fully saturated rings. The summed E-state index contributed by atoms with van der Waals surface area (Å²) in [5, 5.41) is 5.00. The summed E-state index contributed by atoms with van der Waals surface area (Å²) in [6.07, 6.45) is -4.69. The zero-order chi connectivity index (χ0) is 17.4. The van der Waals surface area contributed by atoms with Gasteiger partial charge in [0.05, 0.1) is 10.0 Å². The number of alkyl halides is 3. The molecule has 0 unspecified atom stereocenters. The summed E-state index contributed by atoms with van der Waals surface area (Å²) in [6, 6.07) is 7.09. The molecule has 2 aromatic carbocycles. The van der Waals surface area contributed by atoms with Crippen molar-refractivity contribution in [2.75, 3.05) is 0 Å². The molecule has 0 aliphatic carbocycles. The van der Waals surface area contributed by atoms with Gasteiger partial charge in [-0.25, -0.2) is 13.6 Å². The van der Waals surface area contributed by atoms with Crippen molar-refractivity contribution < 1.29 is 26.3 Å². The number of hydrogen-bond acceptors (Lipinski definition) is 3. The van der Waals surface area contributed by atoms with Gasteiger partial charge in [-0.1, -0.05) is 6.07 Å². The lowest BCUT2D eigenvalue weighted by Crippen LogP contribution is -2.15. The largest absolute Gasteiger partial charge is 0.455 e. The van der Waals surface area contributed by atoms with Gasteiger partial charge in [-0.3, -0.25) is 0 Å². The molecule has 9 heteroatoms. The van der Waals surface area contributed by atoms with Crippen LogP contribution in [0.2, 0.25) is 0 Å². The van der Waals surface area contributed by atoms with Crippen LogP contribution in [0.25, 0.3) is 0 Å². The Balaban J connectivity index is 2.54. The van der Waals surface area contributed by atoms with Crippen molar-refractivity contribution >= 4 is 26.0 Å². The maximum Gasteiger partial charge on any atom is 0.416 e. The van der Waals surface area contributed by atoms with E-state index < -0.39 is 26.7 Å². The van der Waals surface area contributed by atoms with Gasteiger partial charge in [0.1, 0.15) is 16.4 Å². The molecule has 0 amide bonds. The number of rotatable bonds is 3. The van der Waals surface area contributed by atoms with Crippen LogP contribution < -0.4 is 9.88 Å². The van der Waals surface area contributed by atoms with Crippen LogP contribution in [0.4, 0.5) is 13.2 Å². The Morgan fingerprint density at radius 3 is 2.22 bits per heavy atom. The second kappa shape index (κ2) is 6.14. The van der Waals surface area contributed by atoms with Gasteiger partial charge in [0.15, 0.2) is 0 Å². The fourth-order valence-corrected chi connectivity index (χ4v) is 3.05. The minimum absolute atomic E-state index is 0.250. The van der Waals surface area contributed by atoms with Crippen LogP contribution in [-0.2, 0) is 16.2 Å². The van der Waals surface area contributed by atoms with E-state index in [0.717, 1.165) is 17.7 Å². The first kappa shape index (κ1) is 17.8. The van der Waals surface area contributed by atoms with Crippen molar-refractivity contribution in [1.82, 2.24) is 0 Å². The first-order valence-electron chi connectivity index (χ1n) is 6.16. The van der Waals surface area contributed by atoms with E-state index in [1.807, 2.05) is 6.92 Å². The Morgan fingerprint density at radius 2 is 1.70 bits per heavy atom. The molecular weight excluding hydrogens is 399 g/mol. The molecule has 124 valence electrons. The molecule has 0 bridgehead atoms. The maximum absolute atomic E-state index is 12.7. The van der Waals surface area contributed by atoms with Crippen molar-refractivity contribution in [3.63, 3.8) is 0 Å². The van der Waals surface area contributed by atoms with Crippen molar-refractivity contribution in [2.45, 2.75) is 18.0 Å². The molecule has 4 nitrogen and oxygen atoms in total. The normalized spacial score (nSPS) is 12.3. The van der Waals surface area contributed by atoms with Crippen molar-refractivity contribution in [3.05, 3.63) is 52.0 Å². The van der Waals surface area contributed by atoms with Crippen LogP contribution in [0.3, 0.4) is 0 Å². The third-order valence-electron chi connectivity index (χ3n) is 2.88. The molecule has 2 aromatic rings. The molecule has 0 aromatic heterocycles. The first-order valence-corrected chi connectivity index (χ1v) is 8.50. The van der Waals surface area contributed by atoms with Crippen LogP contribution in [-0.4, -0.2) is 8.42 Å². The van der Waals surface area contributed by atoms with E-state index >= 15 is 0 Å². The molecule has 0 heterocycles. The molecule has 0 spiro atoms. The highest BCUT2D eigenvalue weighted by Gasteiger charge is 2.32. The minimum atomic E-state index is -4.69. The van der Waals surface area contributed by atoms with E-state index in [9.17, 15) is 21.6 Å². The number of benzene rings is 2. The summed E-state index contributed by atoms with van der Waals surface area (Å²) in [5.41, 5.74) is -0.208. The third kappa shape index (κ3) is 4.24. The van der Waals surface area contributed by atoms with Crippen LogP contribution in [0, 0.1) is 6.92 Å². The van der Waals surface area contributed by atoms with E-state index in [4.69, 9.17) is 9.88 Å². The molecule has 23 heavy (non-hydrogen) atoms. The van der Waals surface area contributed by atoms with Gasteiger partial charge in [0.2, 0.25) is 10.0 Å². The lowest BCUT2D eigenvalue weighted by atomic mass is 10.2. The van der Waals surface area contributed by atoms with Gasteiger partial charge in [0, 0.05) is 0 Å². The van der Waals surface area contributed by atoms with E-state index in [0.29, 0.717) is 10.5 Å². The summed E-state index contributed by atoms with van der Waals surface area (Å²) < 4.78 is 67.3. The molecule has 0 atom stereocenters. The molecule has 2 rings (SSSR count). The van der Waals surface area contributed by atoms with Crippen LogP contribution in [0.15, 0.2) is 45.8 Å². The van der Waals surface area contributed by atoms with Crippen molar-refractivity contribution in [2.24, 2.45) is 5.14 Å². The molecule has 0 saturated carbocycles. The van der Waals surface area contributed by atoms with Gasteiger partial charge < -0.3 is 4.74 Å². The second-order valence-corrected chi connectivity index (χ2v) is 7.12. The van der Waals surface area contributed by atoms with E-state index in [-0.39, 0.29) is 11.5 Å². The van der Waals surface area contributed by atoms with Crippen LogP contribution in [0.5, 0.6) is 11.5 Å². The highest BCUT2D eigenvalue weighted by molar-refractivity contribution is 9.10. The highest BCUT2D eigenvalue weighted by Crippen LogP contribution is 2.37. The number of primary sulfonamides is 1. The predicted molar refractivity (Wildman–Crippen MR) is 81.8 cm³/mol. The van der Waals surface area contributed by atoms with E-state index in [1.165, 1.54) is 0 Å². The average Bonchev–Trinajstić information content (AvgIpc) is 2.40. The summed E-state index contributed by atoms with van der Waals surface area (Å²) in [6.45, 7) is 1.84. The molecule has 0 saturated heterocycles. The van der Waals surface area contributed by atoms with Gasteiger partial charge >= 0.3 is 6.18 Å². The Morgan fingerprint density at radius 1 is 1.09 bits per heavy atom. The van der Waals surface area contributed by atoms with Gasteiger partial charge in [-0.2, -0.15) is 13.2 Å². The van der Waals surface area contributed by atoms with Crippen LogP contribution >= 0.6 is 15.9 Å². The number of halogens is 4. The fourth-order valence-electron chi connectivity index (χ4n) is 1.80. The maximum atomic E-state index is 12.7. The number of ether oxygens (including phenoxy) is 1. The standard InChI is InChI=1S/C14H11BrF3NO3S/c1-8-2-4-11(10(15)6-8)22-12-5-3-9(14(16,17)18)7-13(12)23(19,20)21/h2-7H,1H3,(H2,19,20,21). The first-order chi connectivity index (χ1) is 10.5. The second-order valence-electron chi connectivity index (χ2n) is 4.74. The molecular formula is C14H11BrF3NO3S. The van der Waals surface area contributed by atoms with E-state index in [2.05, 4.69) is 15.9 Å². The summed E-state index contributed by atoms with van der Waals surface area (Å²) in [5.74, 6) is -0.0367. The summed E-state index contributed by atoms with van der Waals surface area (Å²) >= 11 is 3.24. The highest BCUT2D eigenvalue weighted by atomic mass is 79.9. The van der Waals surface area contributed by atoms with Gasteiger partial charge in [0.25, 0.3) is 0 Å².